The van der Waals surface area contributed by atoms with Gasteiger partial charge in [-0.15, -0.1) is 0 Å². The Hall–Kier alpha value is -2.44. The minimum absolute atomic E-state index is 0.179. The van der Waals surface area contributed by atoms with E-state index in [0.717, 1.165) is 0 Å². The second-order valence-corrected chi connectivity index (χ2v) is 3.52. The number of anilines is 1. The molecule has 0 unspecified atom stereocenters. The van der Waals surface area contributed by atoms with Gasteiger partial charge in [-0.1, -0.05) is 0 Å². The number of nitrogens with zero attached hydrogens (tertiary/aromatic N) is 4. The average Bonchev–Trinajstić information content (AvgIpc) is 2.67. The summed E-state index contributed by atoms with van der Waals surface area (Å²) in [4.78, 5) is 14.8. The molecule has 2 heterocycles. The molecule has 88 valence electrons. The van der Waals surface area contributed by atoms with E-state index in [1.165, 1.54) is 30.2 Å². The standard InChI is InChI=1S/C10H11N5O2/c1-7-11-6-14(13-7)9-3-4-10(12-8(2)16)15(17)5-9/h3-6H,1-2H3,(H,12,16). The van der Waals surface area contributed by atoms with Gasteiger partial charge in [0.15, 0.2) is 0 Å². The van der Waals surface area contributed by atoms with Crippen LogP contribution in [0.5, 0.6) is 0 Å². The maximum atomic E-state index is 11.6. The Labute approximate surface area is 97.3 Å². The Morgan fingerprint density at radius 3 is 2.82 bits per heavy atom. The molecule has 0 aliphatic carbocycles. The largest absolute Gasteiger partial charge is 0.711 e. The first-order valence-corrected chi connectivity index (χ1v) is 4.96. The fourth-order valence-electron chi connectivity index (χ4n) is 1.35. The van der Waals surface area contributed by atoms with Crippen molar-refractivity contribution >= 4 is 11.7 Å². The number of aryl methyl sites for hydroxylation is 1. The number of aromatic nitrogens is 4. The lowest BCUT2D eigenvalue weighted by Gasteiger charge is -2.08. The monoisotopic (exact) mass is 233 g/mol. The fraction of sp³-hybridized carbons (Fsp3) is 0.200. The van der Waals surface area contributed by atoms with Gasteiger partial charge in [0.25, 0.3) is 5.82 Å². The molecule has 0 radical (unpaired) electrons. The molecule has 7 nitrogen and oxygen atoms in total. The van der Waals surface area contributed by atoms with Crippen LogP contribution in [0.15, 0.2) is 24.7 Å². The number of carbonyl (C=O) groups is 1. The van der Waals surface area contributed by atoms with Crippen molar-refractivity contribution in [2.45, 2.75) is 13.8 Å². The third-order valence-corrected chi connectivity index (χ3v) is 2.07. The first-order chi connectivity index (χ1) is 8.06. The highest BCUT2D eigenvalue weighted by molar-refractivity contribution is 5.86. The summed E-state index contributed by atoms with van der Waals surface area (Å²) in [6.45, 7) is 3.10. The van der Waals surface area contributed by atoms with Crippen molar-refractivity contribution in [1.82, 2.24) is 14.8 Å². The second kappa shape index (κ2) is 4.20. The number of nitrogens with one attached hydrogen (secondary N) is 1. The van der Waals surface area contributed by atoms with E-state index in [9.17, 15) is 10.0 Å². The summed E-state index contributed by atoms with van der Waals surface area (Å²) in [6, 6.07) is 3.19. The van der Waals surface area contributed by atoms with Crippen molar-refractivity contribution in [2.75, 3.05) is 5.32 Å². The van der Waals surface area contributed by atoms with Gasteiger partial charge in [-0.3, -0.25) is 0 Å². The van der Waals surface area contributed by atoms with E-state index in [4.69, 9.17) is 0 Å². The summed E-state index contributed by atoms with van der Waals surface area (Å²) in [6.07, 6.45) is 2.84. The summed E-state index contributed by atoms with van der Waals surface area (Å²) >= 11 is 0. The lowest BCUT2D eigenvalue weighted by atomic mass is 10.4. The molecule has 0 aromatic carbocycles. The molecule has 2 aromatic rings. The van der Waals surface area contributed by atoms with Gasteiger partial charge in [-0.2, -0.15) is 5.10 Å². The third-order valence-electron chi connectivity index (χ3n) is 2.07. The molecule has 0 saturated heterocycles. The maximum absolute atomic E-state index is 11.6. The van der Waals surface area contributed by atoms with Crippen LogP contribution < -0.4 is 10.0 Å². The summed E-state index contributed by atoms with van der Waals surface area (Å²) in [5.41, 5.74) is 0.578. The summed E-state index contributed by atoms with van der Waals surface area (Å²) in [5, 5.41) is 18.1. The molecule has 0 bridgehead atoms. The van der Waals surface area contributed by atoms with E-state index >= 15 is 0 Å². The van der Waals surface area contributed by atoms with Gasteiger partial charge >= 0.3 is 5.91 Å². The van der Waals surface area contributed by atoms with Crippen molar-refractivity contribution in [2.24, 2.45) is 0 Å². The van der Waals surface area contributed by atoms with Crippen LogP contribution in [0.25, 0.3) is 5.69 Å². The van der Waals surface area contributed by atoms with E-state index in [-0.39, 0.29) is 11.7 Å². The van der Waals surface area contributed by atoms with Crippen LogP contribution in [0.3, 0.4) is 0 Å². The summed E-state index contributed by atoms with van der Waals surface area (Å²) < 4.78 is 2.06. The zero-order valence-electron chi connectivity index (χ0n) is 9.41. The Morgan fingerprint density at radius 1 is 1.53 bits per heavy atom. The molecular weight excluding hydrogens is 222 g/mol. The van der Waals surface area contributed by atoms with Crippen LogP contribution in [0.4, 0.5) is 5.82 Å². The molecule has 17 heavy (non-hydrogen) atoms. The Kier molecular flexibility index (Phi) is 2.73. The molecule has 1 amide bonds. The normalized spacial score (nSPS) is 10.2. The van der Waals surface area contributed by atoms with E-state index in [2.05, 4.69) is 15.4 Å². The van der Waals surface area contributed by atoms with E-state index < -0.39 is 0 Å². The van der Waals surface area contributed by atoms with E-state index in [1.54, 1.807) is 13.0 Å². The number of hydrogen-bond donors (Lipinski definition) is 1. The first-order valence-electron chi connectivity index (χ1n) is 4.96. The Balaban J connectivity index is 2.33. The zero-order chi connectivity index (χ0) is 12.4. The number of carbonyl (C=O) groups excluding carboxylic acids is 1. The molecular formula is C10H11N5O2. The van der Waals surface area contributed by atoms with Crippen LogP contribution in [-0.4, -0.2) is 20.7 Å². The van der Waals surface area contributed by atoms with Crippen LogP contribution in [0, 0.1) is 12.1 Å². The van der Waals surface area contributed by atoms with Gasteiger partial charge in [0.1, 0.15) is 24.0 Å². The molecule has 0 atom stereocenters. The molecule has 2 aromatic heterocycles. The SMILES string of the molecule is CC(=O)Nc1ccc(-n2cnc(C)n2)c[n+]1[O-]. The van der Waals surface area contributed by atoms with Gasteiger partial charge in [0.05, 0.1) is 0 Å². The predicted molar refractivity (Wildman–Crippen MR) is 59.4 cm³/mol. The van der Waals surface area contributed by atoms with Crippen LogP contribution in [0.1, 0.15) is 12.7 Å². The van der Waals surface area contributed by atoms with Gasteiger partial charge in [-0.05, 0) is 13.0 Å². The quantitative estimate of drug-likeness (QED) is 0.591. The van der Waals surface area contributed by atoms with Gasteiger partial charge in [0.2, 0.25) is 0 Å². The lowest BCUT2D eigenvalue weighted by molar-refractivity contribution is -0.589. The number of rotatable bonds is 2. The smallest absolute Gasteiger partial charge is 0.304 e. The summed E-state index contributed by atoms with van der Waals surface area (Å²) in [7, 11) is 0. The highest BCUT2D eigenvalue weighted by Gasteiger charge is 2.08. The molecule has 1 N–H and O–H groups in total. The molecule has 0 spiro atoms. The zero-order valence-corrected chi connectivity index (χ0v) is 9.41. The van der Waals surface area contributed by atoms with Crippen LogP contribution >= 0.6 is 0 Å². The van der Waals surface area contributed by atoms with E-state index in [1.807, 2.05) is 0 Å². The molecule has 0 aliphatic heterocycles. The first kappa shape index (κ1) is 11.1. The highest BCUT2D eigenvalue weighted by Crippen LogP contribution is 2.06. The van der Waals surface area contributed by atoms with Crippen molar-refractivity contribution in [1.29, 1.82) is 0 Å². The van der Waals surface area contributed by atoms with Crippen molar-refractivity contribution in [3.8, 4) is 5.69 Å². The number of amides is 1. The molecule has 0 saturated carbocycles. The van der Waals surface area contributed by atoms with Gasteiger partial charge < -0.3 is 5.21 Å². The fourth-order valence-corrected chi connectivity index (χ4v) is 1.35. The minimum Gasteiger partial charge on any atom is -0.711 e. The average molecular weight is 233 g/mol. The highest BCUT2D eigenvalue weighted by atomic mass is 16.5. The summed E-state index contributed by atoms with van der Waals surface area (Å²) in [5.74, 6) is 0.505. The molecule has 2 rings (SSSR count). The van der Waals surface area contributed by atoms with Gasteiger partial charge in [-0.25, -0.2) is 24.5 Å². The lowest BCUT2D eigenvalue weighted by Crippen LogP contribution is -2.32. The van der Waals surface area contributed by atoms with Crippen molar-refractivity contribution in [3.63, 3.8) is 0 Å². The molecule has 0 fully saturated rings. The maximum Gasteiger partial charge on any atom is 0.304 e. The Morgan fingerprint density at radius 2 is 2.29 bits per heavy atom. The number of pyridine rings is 1. The van der Waals surface area contributed by atoms with E-state index in [0.29, 0.717) is 16.2 Å². The van der Waals surface area contributed by atoms with Crippen LogP contribution in [0.2, 0.25) is 0 Å². The topological polar surface area (TPSA) is 86.8 Å². The number of hydrogen-bond acceptors (Lipinski definition) is 4. The van der Waals surface area contributed by atoms with Gasteiger partial charge in [0, 0.05) is 13.0 Å². The molecule has 0 aliphatic rings. The van der Waals surface area contributed by atoms with Crippen molar-refractivity contribution in [3.05, 3.63) is 35.7 Å². The molecule has 7 heteroatoms. The second-order valence-electron chi connectivity index (χ2n) is 3.52. The Bertz CT molecular complexity index is 564. The predicted octanol–water partition coefficient (Wildman–Crippen LogP) is 0.168. The third kappa shape index (κ3) is 2.39. The van der Waals surface area contributed by atoms with Crippen molar-refractivity contribution < 1.29 is 9.52 Å². The van der Waals surface area contributed by atoms with Crippen LogP contribution in [-0.2, 0) is 4.79 Å². The minimum atomic E-state index is -0.293.